The van der Waals surface area contributed by atoms with Crippen LogP contribution in [0.25, 0.3) is 0 Å². The van der Waals surface area contributed by atoms with Gasteiger partial charge in [0.1, 0.15) is 15.6 Å². The summed E-state index contributed by atoms with van der Waals surface area (Å²) in [5, 5.41) is 0. The van der Waals surface area contributed by atoms with Crippen molar-refractivity contribution in [2.45, 2.75) is 90.9 Å². The maximum atomic E-state index is 12.1. The molecule has 0 spiro atoms. The van der Waals surface area contributed by atoms with E-state index in [1.54, 1.807) is 19.1 Å². The van der Waals surface area contributed by atoms with Gasteiger partial charge in [-0.1, -0.05) is 76.8 Å². The molecule has 5 heteroatoms. The highest BCUT2D eigenvalue weighted by atomic mass is 32.2. The summed E-state index contributed by atoms with van der Waals surface area (Å²) in [5.74, 6) is 1.40. The summed E-state index contributed by atoms with van der Waals surface area (Å²) in [4.78, 5) is 11.4. The number of hydrogen-bond donors (Lipinski definition) is 0. The predicted octanol–water partition coefficient (Wildman–Crippen LogP) is 6.38. The van der Waals surface area contributed by atoms with E-state index in [0.29, 0.717) is 29.4 Å². The minimum atomic E-state index is -2.89. The van der Waals surface area contributed by atoms with Crippen LogP contribution in [0.5, 0.6) is 5.75 Å². The van der Waals surface area contributed by atoms with Gasteiger partial charge in [0.2, 0.25) is 0 Å². The Morgan fingerprint density at radius 1 is 0.828 bits per heavy atom. The van der Waals surface area contributed by atoms with Crippen molar-refractivity contribution in [2.75, 3.05) is 18.1 Å². The molecular weight excluding hydrogens is 384 g/mol. The normalized spacial score (nSPS) is 11.5. The molecule has 0 aromatic heterocycles. The van der Waals surface area contributed by atoms with E-state index < -0.39 is 9.84 Å². The van der Waals surface area contributed by atoms with Crippen molar-refractivity contribution in [1.29, 1.82) is 0 Å². The summed E-state index contributed by atoms with van der Waals surface area (Å²) < 4.78 is 29.9. The minimum Gasteiger partial charge on any atom is -0.494 e. The standard InChI is InChI=1S/C24H40O4S/c1-3-4-5-6-7-8-10-13-19-29(26,27)20-14-11-9-12-18-28-24-17-15-16-23(21-24)22(2)25/h15-17,21H,3-14,18-20H2,1-2H3. The van der Waals surface area contributed by atoms with Crippen molar-refractivity contribution in [3.8, 4) is 5.75 Å². The maximum absolute atomic E-state index is 12.1. The minimum absolute atomic E-state index is 0.0311. The third-order valence-corrected chi connectivity index (χ3v) is 6.99. The van der Waals surface area contributed by atoms with Crippen molar-refractivity contribution in [3.05, 3.63) is 29.8 Å². The Balaban J connectivity index is 2.01. The van der Waals surface area contributed by atoms with E-state index in [-0.39, 0.29) is 5.78 Å². The van der Waals surface area contributed by atoms with E-state index in [1.165, 1.54) is 32.1 Å². The van der Waals surface area contributed by atoms with Crippen LogP contribution in [-0.4, -0.2) is 32.3 Å². The van der Waals surface area contributed by atoms with Crippen molar-refractivity contribution >= 4 is 15.6 Å². The van der Waals surface area contributed by atoms with Crippen LogP contribution in [0.15, 0.2) is 24.3 Å². The Hall–Kier alpha value is -1.36. The second-order valence-electron chi connectivity index (χ2n) is 7.97. The van der Waals surface area contributed by atoms with Crippen LogP contribution >= 0.6 is 0 Å². The molecule has 1 rings (SSSR count). The van der Waals surface area contributed by atoms with E-state index in [1.807, 2.05) is 12.1 Å². The number of ether oxygens (including phenoxy) is 1. The fraction of sp³-hybridized carbons (Fsp3) is 0.708. The third-order valence-electron chi connectivity index (χ3n) is 5.17. The number of sulfone groups is 1. The van der Waals surface area contributed by atoms with Gasteiger partial charge in [-0.2, -0.15) is 0 Å². The highest BCUT2D eigenvalue weighted by Gasteiger charge is 2.10. The average Bonchev–Trinajstić information content (AvgIpc) is 2.69. The quantitative estimate of drug-likeness (QED) is 0.202. The third kappa shape index (κ3) is 13.5. The smallest absolute Gasteiger partial charge is 0.159 e. The molecule has 0 saturated heterocycles. The molecule has 0 radical (unpaired) electrons. The van der Waals surface area contributed by atoms with E-state index in [4.69, 9.17) is 4.74 Å². The number of benzene rings is 1. The second-order valence-corrected chi connectivity index (χ2v) is 10.3. The lowest BCUT2D eigenvalue weighted by atomic mass is 10.1. The number of rotatable bonds is 18. The van der Waals surface area contributed by atoms with Crippen molar-refractivity contribution < 1.29 is 17.9 Å². The molecule has 0 bridgehead atoms. The number of hydrogen-bond acceptors (Lipinski definition) is 4. The van der Waals surface area contributed by atoms with Crippen LogP contribution in [-0.2, 0) is 9.84 Å². The molecule has 0 aliphatic rings. The van der Waals surface area contributed by atoms with E-state index in [2.05, 4.69) is 6.92 Å². The van der Waals surface area contributed by atoms with Gasteiger partial charge in [0, 0.05) is 5.56 Å². The van der Waals surface area contributed by atoms with Gasteiger partial charge in [0.15, 0.2) is 5.78 Å². The second kappa shape index (κ2) is 15.5. The molecule has 0 heterocycles. The molecule has 0 fully saturated rings. The van der Waals surface area contributed by atoms with Crippen LogP contribution in [0, 0.1) is 0 Å². The molecule has 0 saturated carbocycles. The van der Waals surface area contributed by atoms with Gasteiger partial charge in [-0.3, -0.25) is 4.79 Å². The zero-order valence-corrected chi connectivity index (χ0v) is 19.3. The van der Waals surface area contributed by atoms with Crippen LogP contribution in [0.2, 0.25) is 0 Å². The first-order valence-electron chi connectivity index (χ1n) is 11.4. The molecule has 166 valence electrons. The lowest BCUT2D eigenvalue weighted by Crippen LogP contribution is -2.11. The lowest BCUT2D eigenvalue weighted by Gasteiger charge is -2.07. The Bertz CT molecular complexity index is 667. The van der Waals surface area contributed by atoms with Gasteiger partial charge in [-0.15, -0.1) is 0 Å². The van der Waals surface area contributed by atoms with E-state index >= 15 is 0 Å². The monoisotopic (exact) mass is 424 g/mol. The molecule has 0 N–H and O–H groups in total. The van der Waals surface area contributed by atoms with E-state index in [0.717, 1.165) is 44.9 Å². The molecule has 1 aromatic carbocycles. The summed E-state index contributed by atoms with van der Waals surface area (Å²) in [7, 11) is -2.89. The highest BCUT2D eigenvalue weighted by molar-refractivity contribution is 7.91. The topological polar surface area (TPSA) is 60.4 Å². The zero-order valence-electron chi connectivity index (χ0n) is 18.5. The van der Waals surface area contributed by atoms with Crippen LogP contribution in [0.4, 0.5) is 0 Å². The van der Waals surface area contributed by atoms with Crippen molar-refractivity contribution in [2.24, 2.45) is 0 Å². The fourth-order valence-corrected chi connectivity index (χ4v) is 4.82. The maximum Gasteiger partial charge on any atom is 0.159 e. The first kappa shape index (κ1) is 25.7. The number of carbonyl (C=O) groups excluding carboxylic acids is 1. The molecule has 0 amide bonds. The first-order valence-corrected chi connectivity index (χ1v) is 13.2. The van der Waals surface area contributed by atoms with Crippen molar-refractivity contribution in [1.82, 2.24) is 0 Å². The van der Waals surface area contributed by atoms with Gasteiger partial charge in [-0.05, 0) is 38.3 Å². The molecular formula is C24H40O4S. The SMILES string of the molecule is CCCCCCCCCCS(=O)(=O)CCCCCCOc1cccc(C(C)=O)c1. The van der Waals surface area contributed by atoms with Gasteiger partial charge >= 0.3 is 0 Å². The Morgan fingerprint density at radius 2 is 1.38 bits per heavy atom. The molecule has 0 aliphatic heterocycles. The molecule has 0 unspecified atom stereocenters. The fourth-order valence-electron chi connectivity index (χ4n) is 3.33. The van der Waals surface area contributed by atoms with E-state index in [9.17, 15) is 13.2 Å². The largest absolute Gasteiger partial charge is 0.494 e. The average molecular weight is 425 g/mol. The van der Waals surface area contributed by atoms with Crippen LogP contribution in [0.3, 0.4) is 0 Å². The van der Waals surface area contributed by atoms with Crippen molar-refractivity contribution in [3.63, 3.8) is 0 Å². The molecule has 0 atom stereocenters. The lowest BCUT2D eigenvalue weighted by molar-refractivity contribution is 0.101. The summed E-state index contributed by atoms with van der Waals surface area (Å²) >= 11 is 0. The molecule has 29 heavy (non-hydrogen) atoms. The first-order chi connectivity index (χ1) is 13.9. The number of Topliss-reactive ketones (excluding diaryl/α,β-unsaturated/α-hetero) is 1. The number of ketones is 1. The Kier molecular flexibility index (Phi) is 13.7. The summed E-state index contributed by atoms with van der Waals surface area (Å²) in [6.07, 6.45) is 12.9. The Morgan fingerprint density at radius 3 is 1.97 bits per heavy atom. The van der Waals surface area contributed by atoms with Crippen LogP contribution in [0.1, 0.15) is 101 Å². The Labute approximate surface area is 178 Å². The van der Waals surface area contributed by atoms with Gasteiger partial charge in [-0.25, -0.2) is 8.42 Å². The summed E-state index contributed by atoms with van der Waals surface area (Å²) in [5.41, 5.74) is 0.657. The molecule has 0 aliphatic carbocycles. The zero-order chi connectivity index (χ0) is 21.4. The predicted molar refractivity (Wildman–Crippen MR) is 122 cm³/mol. The summed E-state index contributed by atoms with van der Waals surface area (Å²) in [6, 6.07) is 7.22. The van der Waals surface area contributed by atoms with Crippen LogP contribution < -0.4 is 4.74 Å². The highest BCUT2D eigenvalue weighted by Crippen LogP contribution is 2.15. The van der Waals surface area contributed by atoms with Gasteiger partial charge in [0.05, 0.1) is 18.1 Å². The summed E-state index contributed by atoms with van der Waals surface area (Å²) in [6.45, 7) is 4.35. The molecule has 1 aromatic rings. The van der Waals surface area contributed by atoms with Gasteiger partial charge in [0.25, 0.3) is 0 Å². The number of unbranched alkanes of at least 4 members (excludes halogenated alkanes) is 10. The molecule has 4 nitrogen and oxygen atoms in total. The van der Waals surface area contributed by atoms with Gasteiger partial charge < -0.3 is 4.74 Å². The number of carbonyl (C=O) groups is 1.